The summed E-state index contributed by atoms with van der Waals surface area (Å²) in [5, 5.41) is -0.0803. The molecule has 0 unspecified atom stereocenters. The van der Waals surface area contributed by atoms with Gasteiger partial charge >= 0.3 is 6.18 Å². The van der Waals surface area contributed by atoms with Crippen molar-refractivity contribution in [3.05, 3.63) is 47.1 Å². The summed E-state index contributed by atoms with van der Waals surface area (Å²) in [6.45, 7) is 0. The molecule has 3 rings (SSSR count). The number of fused-ring (bicyclic) bond motifs is 1. The topological polar surface area (TPSA) is 30.7 Å². The fourth-order valence-corrected chi connectivity index (χ4v) is 2.37. The number of para-hydroxylation sites is 2. The van der Waals surface area contributed by atoms with Crippen LogP contribution in [0.2, 0.25) is 5.02 Å². The van der Waals surface area contributed by atoms with Crippen LogP contribution >= 0.6 is 11.6 Å². The standard InChI is InChI=1S/C14H9ClF3N3/c1-21-11-5-3-2-4-10(11)20-13(21)12-9(15)6-8(7-19-12)14(16,17)18/h2-7H,1H3. The molecular weight excluding hydrogens is 303 g/mol. The zero-order valence-corrected chi connectivity index (χ0v) is 11.6. The van der Waals surface area contributed by atoms with Gasteiger partial charge in [0.15, 0.2) is 5.82 Å². The summed E-state index contributed by atoms with van der Waals surface area (Å²) in [6.07, 6.45) is -3.71. The maximum atomic E-state index is 12.6. The molecule has 21 heavy (non-hydrogen) atoms. The lowest BCUT2D eigenvalue weighted by atomic mass is 10.2. The van der Waals surface area contributed by atoms with E-state index in [2.05, 4.69) is 9.97 Å². The van der Waals surface area contributed by atoms with E-state index in [1.165, 1.54) is 0 Å². The van der Waals surface area contributed by atoms with Crippen molar-refractivity contribution in [2.24, 2.45) is 7.05 Å². The van der Waals surface area contributed by atoms with Crippen molar-refractivity contribution >= 4 is 22.6 Å². The zero-order chi connectivity index (χ0) is 15.2. The van der Waals surface area contributed by atoms with Crippen LogP contribution in [0.5, 0.6) is 0 Å². The predicted molar refractivity (Wildman–Crippen MR) is 74.0 cm³/mol. The number of hydrogen-bond donors (Lipinski definition) is 0. The number of pyridine rings is 1. The summed E-state index contributed by atoms with van der Waals surface area (Å²) in [6, 6.07) is 8.24. The first kappa shape index (κ1) is 13.9. The van der Waals surface area contributed by atoms with Crippen LogP contribution in [0, 0.1) is 0 Å². The highest BCUT2D eigenvalue weighted by atomic mass is 35.5. The second-order valence-electron chi connectivity index (χ2n) is 4.54. The van der Waals surface area contributed by atoms with Crippen LogP contribution in [0.1, 0.15) is 5.56 Å². The highest BCUT2D eigenvalue weighted by Gasteiger charge is 2.32. The number of imidazole rings is 1. The Morgan fingerprint density at radius 2 is 1.90 bits per heavy atom. The first-order valence-corrected chi connectivity index (χ1v) is 6.40. The van der Waals surface area contributed by atoms with Gasteiger partial charge in [-0.2, -0.15) is 13.2 Å². The van der Waals surface area contributed by atoms with Gasteiger partial charge in [0.25, 0.3) is 0 Å². The Morgan fingerprint density at radius 1 is 1.19 bits per heavy atom. The van der Waals surface area contributed by atoms with Gasteiger partial charge in [-0.3, -0.25) is 4.98 Å². The molecule has 3 nitrogen and oxygen atoms in total. The molecule has 0 N–H and O–H groups in total. The minimum atomic E-state index is -4.47. The predicted octanol–water partition coefficient (Wildman–Crippen LogP) is 4.31. The molecule has 0 aliphatic rings. The molecule has 1 aromatic carbocycles. The Labute approximate surface area is 123 Å². The van der Waals surface area contributed by atoms with Crippen molar-refractivity contribution in [2.75, 3.05) is 0 Å². The molecule has 0 aliphatic heterocycles. The third kappa shape index (κ3) is 2.35. The van der Waals surface area contributed by atoms with Crippen LogP contribution in [-0.2, 0) is 13.2 Å². The fourth-order valence-electron chi connectivity index (χ4n) is 2.11. The van der Waals surface area contributed by atoms with Crippen molar-refractivity contribution in [3.8, 4) is 11.5 Å². The monoisotopic (exact) mass is 311 g/mol. The largest absolute Gasteiger partial charge is 0.417 e. The van der Waals surface area contributed by atoms with Crippen LogP contribution in [0.4, 0.5) is 13.2 Å². The number of hydrogen-bond acceptors (Lipinski definition) is 2. The van der Waals surface area contributed by atoms with Crippen LogP contribution in [0.25, 0.3) is 22.6 Å². The highest BCUT2D eigenvalue weighted by molar-refractivity contribution is 6.33. The van der Waals surface area contributed by atoms with Gasteiger partial charge in [0.05, 0.1) is 21.6 Å². The molecule has 0 amide bonds. The van der Waals surface area contributed by atoms with E-state index in [-0.39, 0.29) is 10.7 Å². The van der Waals surface area contributed by atoms with Gasteiger partial charge in [-0.1, -0.05) is 23.7 Å². The van der Waals surface area contributed by atoms with E-state index in [0.29, 0.717) is 5.82 Å². The molecule has 0 spiro atoms. The van der Waals surface area contributed by atoms with Gasteiger partial charge in [-0.05, 0) is 18.2 Å². The molecule has 2 aromatic heterocycles. The number of benzene rings is 1. The van der Waals surface area contributed by atoms with Crippen molar-refractivity contribution in [3.63, 3.8) is 0 Å². The van der Waals surface area contributed by atoms with E-state index in [1.54, 1.807) is 11.6 Å². The highest BCUT2D eigenvalue weighted by Crippen LogP contribution is 2.34. The first-order valence-electron chi connectivity index (χ1n) is 6.02. The Kier molecular flexibility index (Phi) is 3.13. The van der Waals surface area contributed by atoms with Gasteiger partial charge in [0.2, 0.25) is 0 Å². The minimum Gasteiger partial charge on any atom is -0.326 e. The molecule has 0 fully saturated rings. The third-order valence-electron chi connectivity index (χ3n) is 3.17. The number of nitrogens with zero attached hydrogens (tertiary/aromatic N) is 3. The van der Waals surface area contributed by atoms with E-state index >= 15 is 0 Å². The van der Waals surface area contributed by atoms with Crippen LogP contribution < -0.4 is 0 Å². The molecule has 7 heteroatoms. The Balaban J connectivity index is 2.17. The van der Waals surface area contributed by atoms with Gasteiger partial charge in [-0.25, -0.2) is 4.98 Å². The summed E-state index contributed by atoms with van der Waals surface area (Å²) >= 11 is 5.95. The summed E-state index contributed by atoms with van der Waals surface area (Å²) < 4.78 is 39.6. The Bertz CT molecular complexity index is 824. The smallest absolute Gasteiger partial charge is 0.326 e. The lowest BCUT2D eigenvalue weighted by Crippen LogP contribution is -2.06. The van der Waals surface area contributed by atoms with Crippen molar-refractivity contribution < 1.29 is 13.2 Å². The van der Waals surface area contributed by atoms with E-state index in [1.807, 2.05) is 24.3 Å². The summed E-state index contributed by atoms with van der Waals surface area (Å²) in [7, 11) is 1.76. The molecule has 3 aromatic rings. The number of aromatic nitrogens is 3. The van der Waals surface area contributed by atoms with Gasteiger partial charge in [0.1, 0.15) is 5.69 Å². The quantitative estimate of drug-likeness (QED) is 0.670. The third-order valence-corrected chi connectivity index (χ3v) is 3.46. The molecular formula is C14H9ClF3N3. The lowest BCUT2D eigenvalue weighted by Gasteiger charge is -2.09. The maximum absolute atomic E-state index is 12.6. The normalized spacial score (nSPS) is 12.0. The number of alkyl halides is 3. The Hall–Kier alpha value is -2.08. The van der Waals surface area contributed by atoms with Crippen LogP contribution in [-0.4, -0.2) is 14.5 Å². The second-order valence-corrected chi connectivity index (χ2v) is 4.94. The van der Waals surface area contributed by atoms with E-state index in [0.717, 1.165) is 23.3 Å². The SMILES string of the molecule is Cn1c(-c2ncc(C(F)(F)F)cc2Cl)nc2ccccc21. The molecule has 0 bridgehead atoms. The van der Waals surface area contributed by atoms with Crippen LogP contribution in [0.3, 0.4) is 0 Å². The number of aryl methyl sites for hydroxylation is 1. The maximum Gasteiger partial charge on any atom is 0.417 e. The Morgan fingerprint density at radius 3 is 2.52 bits per heavy atom. The molecule has 0 saturated heterocycles. The van der Waals surface area contributed by atoms with Gasteiger partial charge in [0, 0.05) is 13.2 Å². The average molecular weight is 312 g/mol. The lowest BCUT2D eigenvalue weighted by molar-refractivity contribution is -0.137. The molecule has 0 atom stereocenters. The zero-order valence-electron chi connectivity index (χ0n) is 10.8. The molecule has 2 heterocycles. The molecule has 108 valence electrons. The van der Waals surface area contributed by atoms with Crippen molar-refractivity contribution in [2.45, 2.75) is 6.18 Å². The van der Waals surface area contributed by atoms with E-state index in [4.69, 9.17) is 11.6 Å². The van der Waals surface area contributed by atoms with E-state index in [9.17, 15) is 13.2 Å². The van der Waals surface area contributed by atoms with E-state index < -0.39 is 11.7 Å². The summed E-state index contributed by atoms with van der Waals surface area (Å²) in [5.41, 5.74) is 0.927. The van der Waals surface area contributed by atoms with Crippen molar-refractivity contribution in [1.82, 2.24) is 14.5 Å². The summed E-state index contributed by atoms with van der Waals surface area (Å²) in [5.74, 6) is 0.426. The molecule has 0 radical (unpaired) electrons. The fraction of sp³-hybridized carbons (Fsp3) is 0.143. The summed E-state index contributed by atoms with van der Waals surface area (Å²) in [4.78, 5) is 8.21. The number of rotatable bonds is 1. The first-order chi connectivity index (χ1) is 9.88. The second kappa shape index (κ2) is 4.73. The molecule has 0 aliphatic carbocycles. The number of halogens is 4. The van der Waals surface area contributed by atoms with Gasteiger partial charge in [-0.15, -0.1) is 0 Å². The van der Waals surface area contributed by atoms with Gasteiger partial charge < -0.3 is 4.57 Å². The van der Waals surface area contributed by atoms with Crippen molar-refractivity contribution in [1.29, 1.82) is 0 Å². The minimum absolute atomic E-state index is 0.0803. The van der Waals surface area contributed by atoms with Crippen LogP contribution in [0.15, 0.2) is 36.5 Å². The average Bonchev–Trinajstić information content (AvgIpc) is 2.75. The molecule has 0 saturated carbocycles.